The highest BCUT2D eigenvalue weighted by molar-refractivity contribution is 6.04. The van der Waals surface area contributed by atoms with Crippen molar-refractivity contribution in [2.45, 2.75) is 0 Å². The maximum Gasteiger partial charge on any atom is 0.0795 e. The van der Waals surface area contributed by atoms with Crippen LogP contribution in [0.4, 0.5) is 0 Å². The van der Waals surface area contributed by atoms with Crippen molar-refractivity contribution in [1.29, 1.82) is 0 Å². The average molecular weight is 461 g/mol. The molecule has 2 heterocycles. The minimum atomic E-state index is 0.945. The van der Waals surface area contributed by atoms with Crippen LogP contribution in [0.3, 0.4) is 0 Å². The molecule has 4 aromatic carbocycles. The van der Waals surface area contributed by atoms with Crippen molar-refractivity contribution in [2.24, 2.45) is 0 Å². The second-order valence-corrected chi connectivity index (χ2v) is 8.63. The van der Waals surface area contributed by atoms with Crippen molar-refractivity contribution in [3.8, 4) is 55.9 Å². The second kappa shape index (κ2) is 9.81. The lowest BCUT2D eigenvalue weighted by Crippen LogP contribution is -2.01. The van der Waals surface area contributed by atoms with Crippen molar-refractivity contribution in [1.82, 2.24) is 9.97 Å². The van der Waals surface area contributed by atoms with Gasteiger partial charge in [-0.05, 0) is 28.8 Å². The molecular formula is C34H24N2. The summed E-state index contributed by atoms with van der Waals surface area (Å²) in [7, 11) is 0. The number of rotatable bonds is 5. The van der Waals surface area contributed by atoms with Crippen LogP contribution in [-0.4, -0.2) is 9.97 Å². The van der Waals surface area contributed by atoms with Crippen LogP contribution in [0.2, 0.25) is 0 Å². The molecule has 0 aliphatic rings. The van der Waals surface area contributed by atoms with Gasteiger partial charge < -0.3 is 0 Å². The van der Waals surface area contributed by atoms with Gasteiger partial charge in [0.15, 0.2) is 0 Å². The van der Waals surface area contributed by atoms with E-state index in [1.807, 2.05) is 30.6 Å². The molecule has 0 N–H and O–H groups in total. The van der Waals surface area contributed by atoms with E-state index in [4.69, 9.17) is 4.98 Å². The fourth-order valence-corrected chi connectivity index (χ4v) is 4.77. The summed E-state index contributed by atoms with van der Waals surface area (Å²) in [6, 6.07) is 46.4. The van der Waals surface area contributed by atoms with Crippen molar-refractivity contribution in [3.05, 3.63) is 146 Å². The monoisotopic (exact) mass is 460 g/mol. The maximum atomic E-state index is 5.42. The normalized spacial score (nSPS) is 10.8. The molecule has 36 heavy (non-hydrogen) atoms. The van der Waals surface area contributed by atoms with Crippen LogP contribution in [0.25, 0.3) is 55.9 Å². The van der Waals surface area contributed by atoms with Crippen molar-refractivity contribution in [3.63, 3.8) is 0 Å². The Morgan fingerprint density at radius 1 is 0.306 bits per heavy atom. The number of pyridine rings is 2. The Hall–Kier alpha value is -4.82. The van der Waals surface area contributed by atoms with Crippen LogP contribution in [0, 0.1) is 0 Å². The number of benzene rings is 4. The van der Waals surface area contributed by atoms with Gasteiger partial charge in [-0.2, -0.15) is 0 Å². The summed E-state index contributed by atoms with van der Waals surface area (Å²) < 4.78 is 0. The molecular weight excluding hydrogens is 436 g/mol. The van der Waals surface area contributed by atoms with E-state index in [0.717, 1.165) is 50.3 Å². The first-order valence-electron chi connectivity index (χ1n) is 12.1. The van der Waals surface area contributed by atoms with Crippen LogP contribution >= 0.6 is 0 Å². The molecule has 2 aromatic heterocycles. The van der Waals surface area contributed by atoms with Gasteiger partial charge in [0.05, 0.1) is 11.4 Å². The molecule has 2 heteroatoms. The van der Waals surface area contributed by atoms with Gasteiger partial charge in [-0.15, -0.1) is 0 Å². The molecule has 170 valence electrons. The first-order valence-corrected chi connectivity index (χ1v) is 12.1. The molecule has 6 aromatic rings. The van der Waals surface area contributed by atoms with Crippen LogP contribution in [-0.2, 0) is 0 Å². The Morgan fingerprint density at radius 2 is 0.639 bits per heavy atom. The summed E-state index contributed by atoms with van der Waals surface area (Å²) >= 11 is 0. The SMILES string of the molecule is c1ccc(-c2nc(-c3ccncc3)c(-c3ccccc3)c(-c3ccccc3)c2-c2ccccc2)cc1. The third-order valence-electron chi connectivity index (χ3n) is 6.39. The van der Waals surface area contributed by atoms with Gasteiger partial charge in [0, 0.05) is 40.2 Å². The standard InChI is InChI=1S/C34H24N2/c1-5-13-25(14-6-1)30-31(26-15-7-2-8-16-26)33(28-19-11-4-12-20-28)36-34(29-21-23-35-24-22-29)32(30)27-17-9-3-10-18-27/h1-24H. The summed E-state index contributed by atoms with van der Waals surface area (Å²) in [5.74, 6) is 0. The molecule has 0 spiro atoms. The number of hydrogen-bond donors (Lipinski definition) is 0. The zero-order valence-corrected chi connectivity index (χ0v) is 19.8. The van der Waals surface area contributed by atoms with E-state index in [2.05, 4.69) is 120 Å². The van der Waals surface area contributed by atoms with Gasteiger partial charge in [-0.25, -0.2) is 4.98 Å². The van der Waals surface area contributed by atoms with Gasteiger partial charge in [0.1, 0.15) is 0 Å². The molecule has 0 fully saturated rings. The molecule has 0 aliphatic carbocycles. The predicted octanol–water partition coefficient (Wildman–Crippen LogP) is 8.81. The molecule has 0 atom stereocenters. The smallest absolute Gasteiger partial charge is 0.0795 e. The largest absolute Gasteiger partial charge is 0.265 e. The molecule has 0 unspecified atom stereocenters. The number of nitrogens with zero attached hydrogens (tertiary/aromatic N) is 2. The van der Waals surface area contributed by atoms with E-state index in [0.29, 0.717) is 0 Å². The van der Waals surface area contributed by atoms with Crippen molar-refractivity contribution >= 4 is 0 Å². The zero-order valence-electron chi connectivity index (χ0n) is 19.8. The van der Waals surface area contributed by atoms with Gasteiger partial charge in [-0.1, -0.05) is 121 Å². The minimum absolute atomic E-state index is 0.945. The van der Waals surface area contributed by atoms with Crippen LogP contribution in [0.1, 0.15) is 0 Å². The van der Waals surface area contributed by atoms with Gasteiger partial charge in [-0.3, -0.25) is 4.98 Å². The lowest BCUT2D eigenvalue weighted by Gasteiger charge is -2.23. The van der Waals surface area contributed by atoms with E-state index in [-0.39, 0.29) is 0 Å². The molecule has 2 nitrogen and oxygen atoms in total. The zero-order chi connectivity index (χ0) is 24.2. The molecule has 6 rings (SSSR count). The second-order valence-electron chi connectivity index (χ2n) is 8.63. The molecule has 0 saturated carbocycles. The van der Waals surface area contributed by atoms with Gasteiger partial charge in [0.2, 0.25) is 0 Å². The quantitative estimate of drug-likeness (QED) is 0.257. The Kier molecular flexibility index (Phi) is 5.91. The number of aromatic nitrogens is 2. The summed E-state index contributed by atoms with van der Waals surface area (Å²) in [5.41, 5.74) is 10.9. The Balaban J connectivity index is 1.84. The molecule has 0 bridgehead atoms. The highest BCUT2D eigenvalue weighted by Gasteiger charge is 2.24. The van der Waals surface area contributed by atoms with Gasteiger partial charge in [0.25, 0.3) is 0 Å². The first-order chi connectivity index (χ1) is 17.9. The summed E-state index contributed by atoms with van der Waals surface area (Å²) in [5, 5.41) is 0. The Morgan fingerprint density at radius 3 is 1.06 bits per heavy atom. The minimum Gasteiger partial charge on any atom is -0.265 e. The van der Waals surface area contributed by atoms with Crippen LogP contribution < -0.4 is 0 Å². The Labute approximate surface area is 211 Å². The number of hydrogen-bond acceptors (Lipinski definition) is 2. The highest BCUT2D eigenvalue weighted by atomic mass is 14.7. The van der Waals surface area contributed by atoms with E-state index < -0.39 is 0 Å². The van der Waals surface area contributed by atoms with E-state index in [1.165, 1.54) is 5.56 Å². The van der Waals surface area contributed by atoms with E-state index in [9.17, 15) is 0 Å². The van der Waals surface area contributed by atoms with E-state index >= 15 is 0 Å². The van der Waals surface area contributed by atoms with Crippen LogP contribution in [0.5, 0.6) is 0 Å². The summed E-state index contributed by atoms with van der Waals surface area (Å²) in [6.07, 6.45) is 3.67. The maximum absolute atomic E-state index is 5.42. The fraction of sp³-hybridized carbons (Fsp3) is 0. The first kappa shape index (κ1) is 21.7. The molecule has 0 amide bonds. The Bertz CT molecular complexity index is 1480. The predicted molar refractivity (Wildman–Crippen MR) is 149 cm³/mol. The third kappa shape index (κ3) is 4.10. The molecule has 0 radical (unpaired) electrons. The molecule has 0 aliphatic heterocycles. The molecule has 0 saturated heterocycles. The fourth-order valence-electron chi connectivity index (χ4n) is 4.77. The lowest BCUT2D eigenvalue weighted by atomic mass is 9.83. The summed E-state index contributed by atoms with van der Waals surface area (Å²) in [4.78, 5) is 9.70. The third-order valence-corrected chi connectivity index (χ3v) is 6.39. The van der Waals surface area contributed by atoms with Crippen molar-refractivity contribution in [2.75, 3.05) is 0 Å². The van der Waals surface area contributed by atoms with Gasteiger partial charge >= 0.3 is 0 Å². The van der Waals surface area contributed by atoms with Crippen LogP contribution in [0.15, 0.2) is 146 Å². The topological polar surface area (TPSA) is 25.8 Å². The summed E-state index contributed by atoms with van der Waals surface area (Å²) in [6.45, 7) is 0. The highest BCUT2D eigenvalue weighted by Crippen LogP contribution is 2.48. The average Bonchev–Trinajstić information content (AvgIpc) is 2.98. The van der Waals surface area contributed by atoms with E-state index in [1.54, 1.807) is 0 Å². The lowest BCUT2D eigenvalue weighted by molar-refractivity contribution is 1.29. The van der Waals surface area contributed by atoms with Crippen molar-refractivity contribution < 1.29 is 0 Å².